The van der Waals surface area contributed by atoms with E-state index in [4.69, 9.17) is 0 Å². The molecule has 0 spiro atoms. The molecule has 0 fully saturated rings. The first-order valence-electron chi connectivity index (χ1n) is 7.28. The van der Waals surface area contributed by atoms with Crippen LogP contribution in [0.15, 0.2) is 61.1 Å². The lowest BCUT2D eigenvalue weighted by atomic mass is 9.96. The molecule has 106 valence electrons. The van der Waals surface area contributed by atoms with Crippen LogP contribution in [0.5, 0.6) is 0 Å². The summed E-state index contributed by atoms with van der Waals surface area (Å²) in [6, 6.07) is 15.0. The first kappa shape index (κ1) is 13.7. The van der Waals surface area contributed by atoms with Gasteiger partial charge in [-0.2, -0.15) is 0 Å². The van der Waals surface area contributed by atoms with E-state index in [2.05, 4.69) is 51.7 Å². The summed E-state index contributed by atoms with van der Waals surface area (Å²) < 4.78 is 0. The maximum Gasteiger partial charge on any atom is 0.0705 e. The van der Waals surface area contributed by atoms with Crippen LogP contribution in [0.1, 0.15) is 23.6 Å². The Morgan fingerprint density at radius 1 is 1.00 bits per heavy atom. The molecule has 0 saturated carbocycles. The fourth-order valence-electron chi connectivity index (χ4n) is 2.75. The molecule has 3 heteroatoms. The lowest BCUT2D eigenvalue weighted by molar-refractivity contribution is 0.552. The monoisotopic (exact) mass is 277 g/mol. The predicted octanol–water partition coefficient (Wildman–Crippen LogP) is 3.52. The highest BCUT2D eigenvalue weighted by molar-refractivity contribution is 5.82. The Morgan fingerprint density at radius 2 is 1.86 bits per heavy atom. The zero-order chi connectivity index (χ0) is 14.5. The molecule has 3 rings (SSSR count). The van der Waals surface area contributed by atoms with E-state index < -0.39 is 0 Å². The molecule has 1 aromatic carbocycles. The lowest BCUT2D eigenvalue weighted by Gasteiger charge is -2.18. The van der Waals surface area contributed by atoms with Gasteiger partial charge in [-0.15, -0.1) is 0 Å². The summed E-state index contributed by atoms with van der Waals surface area (Å²) in [6.45, 7) is 0. The van der Waals surface area contributed by atoms with Gasteiger partial charge in [-0.3, -0.25) is 9.97 Å². The Labute approximate surface area is 125 Å². The van der Waals surface area contributed by atoms with Crippen molar-refractivity contribution in [2.75, 3.05) is 7.05 Å². The van der Waals surface area contributed by atoms with Crippen molar-refractivity contribution >= 4 is 10.9 Å². The van der Waals surface area contributed by atoms with Gasteiger partial charge in [-0.1, -0.05) is 18.2 Å². The fraction of sp³-hybridized carbons (Fsp3) is 0.222. The standard InChI is InChI=1S/C18H19N3/c1-19-17(8-7-14-9-12-20-13-10-14)15-4-2-6-18-16(15)5-3-11-21-18/h2-6,9-13,17,19H,7-8H2,1H3. The molecule has 1 unspecified atom stereocenters. The van der Waals surface area contributed by atoms with Gasteiger partial charge in [0.15, 0.2) is 0 Å². The molecule has 0 aliphatic carbocycles. The number of pyridine rings is 2. The van der Waals surface area contributed by atoms with Crippen molar-refractivity contribution in [1.82, 2.24) is 15.3 Å². The zero-order valence-electron chi connectivity index (χ0n) is 12.2. The Bertz CT molecular complexity index is 704. The molecule has 0 radical (unpaired) electrons. The van der Waals surface area contributed by atoms with Crippen molar-refractivity contribution in [2.45, 2.75) is 18.9 Å². The van der Waals surface area contributed by atoms with E-state index in [0.717, 1.165) is 18.4 Å². The normalized spacial score (nSPS) is 12.4. The Balaban J connectivity index is 1.85. The van der Waals surface area contributed by atoms with E-state index in [1.807, 2.05) is 31.7 Å². The number of nitrogens with zero attached hydrogens (tertiary/aromatic N) is 2. The highest BCUT2D eigenvalue weighted by Crippen LogP contribution is 2.26. The summed E-state index contributed by atoms with van der Waals surface area (Å²) in [7, 11) is 2.02. The second kappa shape index (κ2) is 6.46. The summed E-state index contributed by atoms with van der Waals surface area (Å²) in [5.74, 6) is 0. The lowest BCUT2D eigenvalue weighted by Crippen LogP contribution is -2.17. The molecule has 0 bridgehead atoms. The van der Waals surface area contributed by atoms with E-state index in [9.17, 15) is 0 Å². The van der Waals surface area contributed by atoms with Gasteiger partial charge in [0, 0.05) is 30.0 Å². The average Bonchev–Trinajstić information content (AvgIpc) is 2.56. The number of rotatable bonds is 5. The van der Waals surface area contributed by atoms with E-state index in [-0.39, 0.29) is 0 Å². The molecule has 0 saturated heterocycles. The van der Waals surface area contributed by atoms with Crippen molar-refractivity contribution in [3.8, 4) is 0 Å². The predicted molar refractivity (Wildman–Crippen MR) is 86.1 cm³/mol. The highest BCUT2D eigenvalue weighted by Gasteiger charge is 2.12. The van der Waals surface area contributed by atoms with E-state index in [0.29, 0.717) is 6.04 Å². The SMILES string of the molecule is CNC(CCc1ccncc1)c1cccc2ncccc12. The molecule has 3 aromatic rings. The molecule has 1 atom stereocenters. The Kier molecular flexibility index (Phi) is 4.22. The third-order valence-corrected chi connectivity index (χ3v) is 3.87. The molecule has 2 aromatic heterocycles. The van der Waals surface area contributed by atoms with Crippen LogP contribution >= 0.6 is 0 Å². The van der Waals surface area contributed by atoms with Gasteiger partial charge in [0.05, 0.1) is 5.52 Å². The first-order valence-corrected chi connectivity index (χ1v) is 7.28. The molecule has 21 heavy (non-hydrogen) atoms. The largest absolute Gasteiger partial charge is 0.313 e. The van der Waals surface area contributed by atoms with Crippen molar-refractivity contribution in [2.24, 2.45) is 0 Å². The quantitative estimate of drug-likeness (QED) is 0.775. The topological polar surface area (TPSA) is 37.8 Å². The van der Waals surface area contributed by atoms with Gasteiger partial charge in [-0.05, 0) is 55.3 Å². The molecule has 0 aliphatic rings. The Hall–Kier alpha value is -2.26. The third-order valence-electron chi connectivity index (χ3n) is 3.87. The summed E-state index contributed by atoms with van der Waals surface area (Å²) >= 11 is 0. The summed E-state index contributed by atoms with van der Waals surface area (Å²) in [5, 5.41) is 4.67. The molecular formula is C18H19N3. The first-order chi connectivity index (χ1) is 10.4. The minimum atomic E-state index is 0.325. The van der Waals surface area contributed by atoms with E-state index in [1.54, 1.807) is 0 Å². The van der Waals surface area contributed by atoms with Gasteiger partial charge in [0.25, 0.3) is 0 Å². The van der Waals surface area contributed by atoms with Crippen molar-refractivity contribution in [1.29, 1.82) is 0 Å². The van der Waals surface area contributed by atoms with Gasteiger partial charge < -0.3 is 5.32 Å². The van der Waals surface area contributed by atoms with Crippen LogP contribution in [0.3, 0.4) is 0 Å². The van der Waals surface area contributed by atoms with Crippen LogP contribution in [0.4, 0.5) is 0 Å². The summed E-state index contributed by atoms with van der Waals surface area (Å²) in [4.78, 5) is 8.51. The van der Waals surface area contributed by atoms with Gasteiger partial charge in [-0.25, -0.2) is 0 Å². The zero-order valence-corrected chi connectivity index (χ0v) is 12.2. The third kappa shape index (κ3) is 3.09. The Morgan fingerprint density at radius 3 is 2.67 bits per heavy atom. The van der Waals surface area contributed by atoms with Crippen LogP contribution in [0.25, 0.3) is 10.9 Å². The van der Waals surface area contributed by atoms with Crippen LogP contribution in [-0.2, 0) is 6.42 Å². The molecule has 1 N–H and O–H groups in total. The average molecular weight is 277 g/mol. The second-order valence-electron chi connectivity index (χ2n) is 5.15. The molecule has 0 aliphatic heterocycles. The van der Waals surface area contributed by atoms with Crippen LogP contribution < -0.4 is 5.32 Å². The van der Waals surface area contributed by atoms with E-state index >= 15 is 0 Å². The number of hydrogen-bond acceptors (Lipinski definition) is 3. The van der Waals surface area contributed by atoms with Crippen LogP contribution in [0.2, 0.25) is 0 Å². The molecule has 2 heterocycles. The summed E-state index contributed by atoms with van der Waals surface area (Å²) in [6.07, 6.45) is 7.63. The van der Waals surface area contributed by atoms with Gasteiger partial charge in [0.2, 0.25) is 0 Å². The number of fused-ring (bicyclic) bond motifs is 1. The number of aryl methyl sites for hydroxylation is 1. The number of aromatic nitrogens is 2. The molecule has 0 amide bonds. The second-order valence-corrected chi connectivity index (χ2v) is 5.15. The number of benzene rings is 1. The minimum Gasteiger partial charge on any atom is -0.313 e. The highest BCUT2D eigenvalue weighted by atomic mass is 14.9. The van der Waals surface area contributed by atoms with Crippen molar-refractivity contribution in [3.05, 3.63) is 72.2 Å². The van der Waals surface area contributed by atoms with E-state index in [1.165, 1.54) is 16.5 Å². The molecular weight excluding hydrogens is 258 g/mol. The maximum absolute atomic E-state index is 4.44. The van der Waals surface area contributed by atoms with Crippen LogP contribution in [-0.4, -0.2) is 17.0 Å². The van der Waals surface area contributed by atoms with Crippen molar-refractivity contribution < 1.29 is 0 Å². The summed E-state index contributed by atoms with van der Waals surface area (Å²) in [5.41, 5.74) is 3.69. The molecule has 3 nitrogen and oxygen atoms in total. The van der Waals surface area contributed by atoms with Crippen molar-refractivity contribution in [3.63, 3.8) is 0 Å². The number of nitrogens with one attached hydrogen (secondary N) is 1. The van der Waals surface area contributed by atoms with Crippen LogP contribution in [0, 0.1) is 0 Å². The minimum absolute atomic E-state index is 0.325. The smallest absolute Gasteiger partial charge is 0.0705 e. The van der Waals surface area contributed by atoms with Gasteiger partial charge >= 0.3 is 0 Å². The number of hydrogen-bond donors (Lipinski definition) is 1. The fourth-order valence-corrected chi connectivity index (χ4v) is 2.75. The van der Waals surface area contributed by atoms with Gasteiger partial charge in [0.1, 0.15) is 0 Å². The maximum atomic E-state index is 4.44.